The first-order valence-electron chi connectivity index (χ1n) is 6.62. The molecule has 2 nitrogen and oxygen atoms in total. The number of rotatable bonds is 4. The van der Waals surface area contributed by atoms with E-state index in [4.69, 9.17) is 0 Å². The summed E-state index contributed by atoms with van der Waals surface area (Å²) in [5, 5.41) is 3.36. The molecule has 2 heteroatoms. The van der Waals surface area contributed by atoms with Crippen LogP contribution in [-0.2, 0) is 0 Å². The summed E-state index contributed by atoms with van der Waals surface area (Å²) in [7, 11) is 2.08. The summed E-state index contributed by atoms with van der Waals surface area (Å²) in [6.45, 7) is 12.5. The standard InChI is InChI=1S/C11H24N2.C2H6/c1-10(2)4-7-13-8-5-11(12-3)6-9-13;1-2/h10-12H,4-9H2,1-3H3;1-2H3. The van der Waals surface area contributed by atoms with Crippen LogP contribution in [0.25, 0.3) is 0 Å². The number of nitrogens with zero attached hydrogens (tertiary/aromatic N) is 1. The van der Waals surface area contributed by atoms with Crippen LogP contribution in [0.2, 0.25) is 0 Å². The average molecular weight is 214 g/mol. The zero-order valence-corrected chi connectivity index (χ0v) is 11.3. The lowest BCUT2D eigenvalue weighted by Crippen LogP contribution is -2.41. The van der Waals surface area contributed by atoms with Crippen LogP contribution < -0.4 is 5.32 Å². The van der Waals surface area contributed by atoms with Gasteiger partial charge in [-0.05, 0) is 51.9 Å². The summed E-state index contributed by atoms with van der Waals surface area (Å²) in [4.78, 5) is 2.60. The third kappa shape index (κ3) is 6.91. The highest BCUT2D eigenvalue weighted by Gasteiger charge is 2.16. The van der Waals surface area contributed by atoms with Gasteiger partial charge >= 0.3 is 0 Å². The second-order valence-electron chi connectivity index (χ2n) is 4.59. The monoisotopic (exact) mass is 214 g/mol. The predicted octanol–water partition coefficient (Wildman–Crippen LogP) is 2.74. The fraction of sp³-hybridized carbons (Fsp3) is 1.00. The molecule has 0 unspecified atom stereocenters. The maximum Gasteiger partial charge on any atom is 0.00884 e. The second kappa shape index (κ2) is 9.17. The molecule has 1 fully saturated rings. The third-order valence-corrected chi connectivity index (χ3v) is 3.02. The Kier molecular flexibility index (Phi) is 9.12. The molecule has 1 heterocycles. The Bertz CT molecular complexity index is 126. The summed E-state index contributed by atoms with van der Waals surface area (Å²) in [6, 6.07) is 0.773. The number of hydrogen-bond donors (Lipinski definition) is 1. The van der Waals surface area contributed by atoms with Crippen molar-refractivity contribution >= 4 is 0 Å². The van der Waals surface area contributed by atoms with Crippen molar-refractivity contribution in [2.24, 2.45) is 5.92 Å². The smallest absolute Gasteiger partial charge is 0.00884 e. The van der Waals surface area contributed by atoms with E-state index in [1.165, 1.54) is 38.9 Å². The molecule has 0 aromatic rings. The Morgan fingerprint density at radius 2 is 1.73 bits per heavy atom. The normalized spacial score (nSPS) is 18.8. The molecule has 0 aromatic carbocycles. The molecule has 15 heavy (non-hydrogen) atoms. The van der Waals surface area contributed by atoms with Crippen molar-refractivity contribution in [3.8, 4) is 0 Å². The van der Waals surface area contributed by atoms with E-state index in [0.717, 1.165) is 12.0 Å². The van der Waals surface area contributed by atoms with Crippen molar-refractivity contribution in [1.82, 2.24) is 10.2 Å². The summed E-state index contributed by atoms with van der Waals surface area (Å²) in [5.41, 5.74) is 0. The molecule has 0 aromatic heterocycles. The zero-order chi connectivity index (χ0) is 11.7. The van der Waals surface area contributed by atoms with Gasteiger partial charge in [-0.15, -0.1) is 0 Å². The first-order chi connectivity index (χ1) is 7.22. The molecule has 0 amide bonds. The molecule has 1 saturated heterocycles. The molecule has 92 valence electrons. The highest BCUT2D eigenvalue weighted by molar-refractivity contribution is 4.75. The lowest BCUT2D eigenvalue weighted by atomic mass is 10.0. The van der Waals surface area contributed by atoms with Crippen LogP contribution >= 0.6 is 0 Å². The Morgan fingerprint density at radius 3 is 2.13 bits per heavy atom. The summed E-state index contributed by atoms with van der Waals surface area (Å²) < 4.78 is 0. The lowest BCUT2D eigenvalue weighted by molar-refractivity contribution is 0.193. The summed E-state index contributed by atoms with van der Waals surface area (Å²) >= 11 is 0. The topological polar surface area (TPSA) is 15.3 Å². The SMILES string of the molecule is CC.CNC1CCN(CCC(C)C)CC1. The van der Waals surface area contributed by atoms with Crippen LogP contribution in [0, 0.1) is 5.92 Å². The minimum atomic E-state index is 0.773. The molecule has 0 bridgehead atoms. The van der Waals surface area contributed by atoms with E-state index >= 15 is 0 Å². The van der Waals surface area contributed by atoms with Crippen LogP contribution in [0.3, 0.4) is 0 Å². The molecule has 0 spiro atoms. The van der Waals surface area contributed by atoms with Gasteiger partial charge in [-0.3, -0.25) is 0 Å². The molecular formula is C13H30N2. The van der Waals surface area contributed by atoms with Crippen LogP contribution in [0.4, 0.5) is 0 Å². The van der Waals surface area contributed by atoms with Gasteiger partial charge in [-0.25, -0.2) is 0 Å². The van der Waals surface area contributed by atoms with E-state index in [9.17, 15) is 0 Å². The van der Waals surface area contributed by atoms with Gasteiger partial charge in [0.1, 0.15) is 0 Å². The fourth-order valence-electron chi connectivity index (χ4n) is 1.89. The van der Waals surface area contributed by atoms with Gasteiger partial charge < -0.3 is 10.2 Å². The number of likely N-dealkylation sites (tertiary alicyclic amines) is 1. The summed E-state index contributed by atoms with van der Waals surface area (Å²) in [6.07, 6.45) is 4.01. The van der Waals surface area contributed by atoms with E-state index in [1.807, 2.05) is 13.8 Å². The fourth-order valence-corrected chi connectivity index (χ4v) is 1.89. The average Bonchev–Trinajstić information content (AvgIpc) is 2.30. The van der Waals surface area contributed by atoms with Crippen LogP contribution in [0.1, 0.15) is 47.0 Å². The number of piperidine rings is 1. The number of hydrogen-bond acceptors (Lipinski definition) is 2. The van der Waals surface area contributed by atoms with Gasteiger partial charge in [0, 0.05) is 6.04 Å². The number of nitrogens with one attached hydrogen (secondary N) is 1. The van der Waals surface area contributed by atoms with E-state index in [-0.39, 0.29) is 0 Å². The van der Waals surface area contributed by atoms with Crippen LogP contribution in [0.5, 0.6) is 0 Å². The minimum absolute atomic E-state index is 0.773. The first-order valence-corrected chi connectivity index (χ1v) is 6.62. The van der Waals surface area contributed by atoms with E-state index in [0.29, 0.717) is 0 Å². The molecule has 0 atom stereocenters. The van der Waals surface area contributed by atoms with Crippen LogP contribution in [-0.4, -0.2) is 37.6 Å². The molecule has 0 saturated carbocycles. The molecular weight excluding hydrogens is 184 g/mol. The van der Waals surface area contributed by atoms with Crippen molar-refractivity contribution in [2.75, 3.05) is 26.7 Å². The molecule has 0 radical (unpaired) electrons. The third-order valence-electron chi connectivity index (χ3n) is 3.02. The maximum absolute atomic E-state index is 3.36. The first kappa shape index (κ1) is 14.9. The zero-order valence-electron chi connectivity index (χ0n) is 11.3. The highest BCUT2D eigenvalue weighted by atomic mass is 15.1. The van der Waals surface area contributed by atoms with Gasteiger partial charge in [0.25, 0.3) is 0 Å². The van der Waals surface area contributed by atoms with Gasteiger partial charge in [0.05, 0.1) is 0 Å². The van der Waals surface area contributed by atoms with Gasteiger partial charge in [-0.2, -0.15) is 0 Å². The highest BCUT2D eigenvalue weighted by Crippen LogP contribution is 2.11. The Morgan fingerprint density at radius 1 is 1.20 bits per heavy atom. The maximum atomic E-state index is 3.36. The quantitative estimate of drug-likeness (QED) is 0.774. The Balaban J connectivity index is 0.000000921. The largest absolute Gasteiger partial charge is 0.317 e. The van der Waals surface area contributed by atoms with Crippen molar-refractivity contribution in [3.05, 3.63) is 0 Å². The second-order valence-corrected chi connectivity index (χ2v) is 4.59. The molecule has 1 aliphatic rings. The van der Waals surface area contributed by atoms with Gasteiger partial charge in [-0.1, -0.05) is 27.7 Å². The molecule has 0 aliphatic carbocycles. The van der Waals surface area contributed by atoms with Crippen molar-refractivity contribution < 1.29 is 0 Å². The lowest BCUT2D eigenvalue weighted by Gasteiger charge is -2.32. The Labute approximate surface area is 96.4 Å². The summed E-state index contributed by atoms with van der Waals surface area (Å²) in [5.74, 6) is 0.849. The van der Waals surface area contributed by atoms with Crippen molar-refractivity contribution in [1.29, 1.82) is 0 Å². The van der Waals surface area contributed by atoms with Crippen molar-refractivity contribution in [3.63, 3.8) is 0 Å². The van der Waals surface area contributed by atoms with E-state index < -0.39 is 0 Å². The molecule has 1 rings (SSSR count). The van der Waals surface area contributed by atoms with E-state index in [2.05, 4.69) is 31.1 Å². The Hall–Kier alpha value is -0.0800. The van der Waals surface area contributed by atoms with Crippen molar-refractivity contribution in [2.45, 2.75) is 53.0 Å². The van der Waals surface area contributed by atoms with E-state index in [1.54, 1.807) is 0 Å². The van der Waals surface area contributed by atoms with Crippen LogP contribution in [0.15, 0.2) is 0 Å². The van der Waals surface area contributed by atoms with Gasteiger partial charge in [0.15, 0.2) is 0 Å². The van der Waals surface area contributed by atoms with Gasteiger partial charge in [0.2, 0.25) is 0 Å². The minimum Gasteiger partial charge on any atom is -0.317 e. The molecule has 1 aliphatic heterocycles. The predicted molar refractivity (Wildman–Crippen MR) is 69.3 cm³/mol. The molecule has 1 N–H and O–H groups in total.